The fourth-order valence-electron chi connectivity index (χ4n) is 1.04. The number of nitrogens with one attached hydrogen (secondary N) is 2. The van der Waals surface area contributed by atoms with E-state index in [4.69, 9.17) is 0 Å². The van der Waals surface area contributed by atoms with Gasteiger partial charge in [0, 0.05) is 18.1 Å². The van der Waals surface area contributed by atoms with Crippen LogP contribution in [0.2, 0.25) is 0 Å². The van der Waals surface area contributed by atoms with E-state index in [0.29, 0.717) is 16.1 Å². The molecule has 2 N–H and O–H groups in total. The highest BCUT2D eigenvalue weighted by Crippen LogP contribution is 2.20. The third kappa shape index (κ3) is 1.93. The van der Waals surface area contributed by atoms with Crippen molar-refractivity contribution in [2.45, 2.75) is 0 Å². The summed E-state index contributed by atoms with van der Waals surface area (Å²) >= 11 is 3.08. The fraction of sp³-hybridized carbons (Fsp3) is 0. The first-order valence-electron chi connectivity index (χ1n) is 3.97. The summed E-state index contributed by atoms with van der Waals surface area (Å²) in [6, 6.07) is 4.79. The van der Waals surface area contributed by atoms with Crippen LogP contribution in [0.15, 0.2) is 35.1 Å². The van der Waals surface area contributed by atoms with Gasteiger partial charge in [0.1, 0.15) is 5.82 Å². The van der Waals surface area contributed by atoms with Gasteiger partial charge in [-0.25, -0.2) is 9.37 Å². The third-order valence-corrected chi connectivity index (χ3v) is 2.32. The Hall–Kier alpha value is -1.36. The topological polar surface area (TPSA) is 40.7 Å². The molecule has 5 heteroatoms. The van der Waals surface area contributed by atoms with Gasteiger partial charge in [0.05, 0.1) is 4.47 Å². The lowest BCUT2D eigenvalue weighted by molar-refractivity contribution is 0.622. The molecule has 0 saturated carbocycles. The van der Waals surface area contributed by atoms with Gasteiger partial charge in [-0.1, -0.05) is 0 Å². The quantitative estimate of drug-likeness (QED) is 0.866. The monoisotopic (exact) mass is 255 g/mol. The highest BCUT2D eigenvalue weighted by Gasteiger charge is 2.01. The normalized spacial score (nSPS) is 10.1. The largest absolute Gasteiger partial charge is 0.331 e. The number of hydrogen-bond donors (Lipinski definition) is 2. The Kier molecular flexibility index (Phi) is 2.49. The summed E-state index contributed by atoms with van der Waals surface area (Å²) in [6.45, 7) is 0. The minimum atomic E-state index is -0.304. The van der Waals surface area contributed by atoms with E-state index in [1.54, 1.807) is 24.5 Å². The molecule has 0 aliphatic carbocycles. The summed E-state index contributed by atoms with van der Waals surface area (Å²) in [6.07, 6.45) is 3.31. The van der Waals surface area contributed by atoms with Gasteiger partial charge in [-0.05, 0) is 34.1 Å². The molecule has 0 amide bonds. The zero-order valence-electron chi connectivity index (χ0n) is 7.09. The number of rotatable bonds is 2. The number of nitrogens with zero attached hydrogens (tertiary/aromatic N) is 1. The van der Waals surface area contributed by atoms with Gasteiger partial charge < -0.3 is 10.3 Å². The van der Waals surface area contributed by atoms with Crippen molar-refractivity contribution in [3.63, 3.8) is 0 Å². The number of aromatic amines is 1. The van der Waals surface area contributed by atoms with E-state index in [1.807, 2.05) is 0 Å². The van der Waals surface area contributed by atoms with Gasteiger partial charge in [0.2, 0.25) is 5.95 Å². The van der Waals surface area contributed by atoms with Gasteiger partial charge in [-0.2, -0.15) is 0 Å². The van der Waals surface area contributed by atoms with Crippen molar-refractivity contribution in [2.75, 3.05) is 5.32 Å². The van der Waals surface area contributed by atoms with Crippen molar-refractivity contribution in [1.82, 2.24) is 9.97 Å². The van der Waals surface area contributed by atoms with Crippen LogP contribution in [0.5, 0.6) is 0 Å². The maximum Gasteiger partial charge on any atom is 0.204 e. The highest BCUT2D eigenvalue weighted by molar-refractivity contribution is 9.10. The Labute approximate surface area is 88.5 Å². The third-order valence-electron chi connectivity index (χ3n) is 1.68. The second-order valence-corrected chi connectivity index (χ2v) is 3.55. The van der Waals surface area contributed by atoms with Crippen LogP contribution >= 0.6 is 15.9 Å². The van der Waals surface area contributed by atoms with Crippen molar-refractivity contribution in [3.8, 4) is 0 Å². The summed E-state index contributed by atoms with van der Waals surface area (Å²) < 4.78 is 13.5. The van der Waals surface area contributed by atoms with Crippen molar-refractivity contribution >= 4 is 27.6 Å². The van der Waals surface area contributed by atoms with Gasteiger partial charge in [0.25, 0.3) is 0 Å². The molecule has 0 aliphatic rings. The molecular weight excluding hydrogens is 249 g/mol. The molecule has 0 bridgehead atoms. The van der Waals surface area contributed by atoms with Crippen LogP contribution < -0.4 is 5.32 Å². The van der Waals surface area contributed by atoms with Gasteiger partial charge in [0.15, 0.2) is 0 Å². The van der Waals surface area contributed by atoms with Crippen molar-refractivity contribution in [2.24, 2.45) is 0 Å². The number of hydrogen-bond acceptors (Lipinski definition) is 2. The molecule has 72 valence electrons. The standard InChI is InChI=1S/C9H7BrFN3/c10-7-2-1-6(5-8(7)11)14-9-12-3-4-13-9/h1-5H,(H2,12,13,14). The van der Waals surface area contributed by atoms with Crippen LogP contribution in [0.4, 0.5) is 16.0 Å². The molecule has 0 saturated heterocycles. The number of H-pyrrole nitrogens is 1. The first-order valence-corrected chi connectivity index (χ1v) is 4.76. The van der Waals surface area contributed by atoms with Gasteiger partial charge in [-0.3, -0.25) is 0 Å². The van der Waals surface area contributed by atoms with Crippen LogP contribution in [0.25, 0.3) is 0 Å². The number of imidazole rings is 1. The van der Waals surface area contributed by atoms with Crippen LogP contribution in [-0.4, -0.2) is 9.97 Å². The van der Waals surface area contributed by atoms with Crippen LogP contribution in [0.3, 0.4) is 0 Å². The number of aromatic nitrogens is 2. The number of halogens is 2. The zero-order chi connectivity index (χ0) is 9.97. The van der Waals surface area contributed by atoms with Crippen molar-refractivity contribution in [3.05, 3.63) is 40.9 Å². The lowest BCUT2D eigenvalue weighted by Crippen LogP contribution is -1.92. The Morgan fingerprint density at radius 2 is 2.29 bits per heavy atom. The Morgan fingerprint density at radius 1 is 1.43 bits per heavy atom. The second kappa shape index (κ2) is 3.79. The smallest absolute Gasteiger partial charge is 0.204 e. The summed E-state index contributed by atoms with van der Waals surface area (Å²) in [5.74, 6) is 0.285. The van der Waals surface area contributed by atoms with E-state index in [9.17, 15) is 4.39 Å². The molecule has 2 rings (SSSR count). The lowest BCUT2D eigenvalue weighted by atomic mass is 10.3. The average Bonchev–Trinajstić information content (AvgIpc) is 2.64. The number of benzene rings is 1. The first kappa shape index (κ1) is 9.21. The van der Waals surface area contributed by atoms with E-state index in [0.717, 1.165) is 0 Å². The van der Waals surface area contributed by atoms with Crippen LogP contribution in [-0.2, 0) is 0 Å². The molecule has 0 aliphatic heterocycles. The van der Waals surface area contributed by atoms with Crippen molar-refractivity contribution in [1.29, 1.82) is 0 Å². The van der Waals surface area contributed by atoms with E-state index >= 15 is 0 Å². The maximum absolute atomic E-state index is 13.1. The summed E-state index contributed by atoms with van der Waals surface area (Å²) in [4.78, 5) is 6.83. The predicted molar refractivity (Wildman–Crippen MR) is 56.0 cm³/mol. The molecule has 3 nitrogen and oxygen atoms in total. The molecular formula is C9H7BrFN3. The molecule has 0 radical (unpaired) electrons. The summed E-state index contributed by atoms with van der Waals surface area (Å²) in [7, 11) is 0. The lowest BCUT2D eigenvalue weighted by Gasteiger charge is -2.03. The van der Waals surface area contributed by atoms with Crippen molar-refractivity contribution < 1.29 is 4.39 Å². The Morgan fingerprint density at radius 3 is 2.93 bits per heavy atom. The van der Waals surface area contributed by atoms with Crippen LogP contribution in [0.1, 0.15) is 0 Å². The molecule has 0 atom stereocenters. The Balaban J connectivity index is 2.22. The van der Waals surface area contributed by atoms with E-state index < -0.39 is 0 Å². The molecule has 1 heterocycles. The maximum atomic E-state index is 13.1. The first-order chi connectivity index (χ1) is 6.75. The molecule has 1 aromatic carbocycles. The fourth-order valence-corrected chi connectivity index (χ4v) is 1.29. The summed E-state index contributed by atoms with van der Waals surface area (Å²) in [5, 5.41) is 2.92. The summed E-state index contributed by atoms with van der Waals surface area (Å²) in [5.41, 5.74) is 0.653. The molecule has 0 fully saturated rings. The van der Waals surface area contributed by atoms with E-state index in [2.05, 4.69) is 31.2 Å². The average molecular weight is 256 g/mol. The molecule has 0 unspecified atom stereocenters. The van der Waals surface area contributed by atoms with E-state index in [1.165, 1.54) is 6.07 Å². The molecule has 2 aromatic rings. The minimum absolute atomic E-state index is 0.304. The SMILES string of the molecule is Fc1cc(Nc2ncc[nH]2)ccc1Br. The predicted octanol–water partition coefficient (Wildman–Crippen LogP) is 3.05. The molecule has 1 aromatic heterocycles. The van der Waals surface area contributed by atoms with Gasteiger partial charge >= 0.3 is 0 Å². The molecule has 14 heavy (non-hydrogen) atoms. The highest BCUT2D eigenvalue weighted by atomic mass is 79.9. The molecule has 0 spiro atoms. The van der Waals surface area contributed by atoms with E-state index in [-0.39, 0.29) is 5.82 Å². The minimum Gasteiger partial charge on any atom is -0.331 e. The van der Waals surface area contributed by atoms with Crippen LogP contribution in [0, 0.1) is 5.82 Å². The number of anilines is 2. The zero-order valence-corrected chi connectivity index (χ0v) is 8.68. The second-order valence-electron chi connectivity index (χ2n) is 2.69. The van der Waals surface area contributed by atoms with Gasteiger partial charge in [-0.15, -0.1) is 0 Å². The Bertz CT molecular complexity index is 428.